The fourth-order valence-electron chi connectivity index (χ4n) is 2.03. The first-order chi connectivity index (χ1) is 9.32. The molecule has 0 unspecified atom stereocenters. The molecule has 2 aromatic carbocycles. The van der Waals surface area contributed by atoms with Crippen molar-refractivity contribution >= 4 is 15.9 Å². The molecule has 2 aromatic rings. The molecule has 0 saturated carbocycles. The number of rotatable bonds is 1. The molecule has 20 heavy (non-hydrogen) atoms. The van der Waals surface area contributed by atoms with Gasteiger partial charge in [0, 0.05) is 5.56 Å². The Balaban J connectivity index is 2.53. The molecule has 0 saturated heterocycles. The summed E-state index contributed by atoms with van der Waals surface area (Å²) in [5.41, 5.74) is 3.40. The summed E-state index contributed by atoms with van der Waals surface area (Å²) in [5, 5.41) is 19.2. The van der Waals surface area contributed by atoms with E-state index in [2.05, 4.69) is 54.9 Å². The molecule has 0 aliphatic rings. The van der Waals surface area contributed by atoms with Crippen molar-refractivity contribution in [3.8, 4) is 22.9 Å². The van der Waals surface area contributed by atoms with Gasteiger partial charge in [-0.2, -0.15) is 5.26 Å². The van der Waals surface area contributed by atoms with Crippen LogP contribution in [0.3, 0.4) is 0 Å². The van der Waals surface area contributed by atoms with E-state index in [0.29, 0.717) is 15.6 Å². The van der Waals surface area contributed by atoms with Crippen molar-refractivity contribution in [1.29, 1.82) is 5.26 Å². The van der Waals surface area contributed by atoms with E-state index < -0.39 is 0 Å². The molecule has 1 N–H and O–H groups in total. The van der Waals surface area contributed by atoms with Crippen molar-refractivity contribution in [2.24, 2.45) is 0 Å². The van der Waals surface area contributed by atoms with Crippen molar-refractivity contribution in [3.05, 3.63) is 52.0 Å². The minimum atomic E-state index is 0.0929. The van der Waals surface area contributed by atoms with Crippen LogP contribution in [0.2, 0.25) is 0 Å². The van der Waals surface area contributed by atoms with E-state index in [1.54, 1.807) is 12.1 Å². The van der Waals surface area contributed by atoms with Gasteiger partial charge in [0.1, 0.15) is 5.75 Å². The summed E-state index contributed by atoms with van der Waals surface area (Å²) in [4.78, 5) is 0. The number of nitriles is 1. The van der Waals surface area contributed by atoms with Crippen molar-refractivity contribution in [2.45, 2.75) is 26.2 Å². The van der Waals surface area contributed by atoms with E-state index in [4.69, 9.17) is 5.26 Å². The Morgan fingerprint density at radius 2 is 1.70 bits per heavy atom. The van der Waals surface area contributed by atoms with E-state index in [1.807, 2.05) is 12.1 Å². The monoisotopic (exact) mass is 329 g/mol. The Hall–Kier alpha value is -1.79. The van der Waals surface area contributed by atoms with Gasteiger partial charge in [0.25, 0.3) is 0 Å². The number of hydrogen-bond donors (Lipinski definition) is 1. The quantitative estimate of drug-likeness (QED) is 0.800. The summed E-state index contributed by atoms with van der Waals surface area (Å²) in [6, 6.07) is 13.5. The molecule has 2 nitrogen and oxygen atoms in total. The second-order valence-electron chi connectivity index (χ2n) is 5.79. The van der Waals surface area contributed by atoms with E-state index >= 15 is 0 Å². The number of aromatic hydroxyl groups is 1. The number of benzene rings is 2. The predicted octanol–water partition coefficient (Wildman–Crippen LogP) is 4.99. The topological polar surface area (TPSA) is 44.0 Å². The minimum Gasteiger partial charge on any atom is -0.506 e. The lowest BCUT2D eigenvalue weighted by molar-refractivity contribution is 0.474. The van der Waals surface area contributed by atoms with Crippen LogP contribution in [0.15, 0.2) is 40.9 Å². The number of nitrogens with zero attached hydrogens (tertiary/aromatic N) is 1. The number of hydrogen-bond acceptors (Lipinski definition) is 2. The summed E-state index contributed by atoms with van der Waals surface area (Å²) in [5.74, 6) is 0.160. The van der Waals surface area contributed by atoms with Gasteiger partial charge in [0.05, 0.1) is 16.1 Å². The molecule has 0 bridgehead atoms. The normalized spacial score (nSPS) is 11.2. The predicted molar refractivity (Wildman–Crippen MR) is 84.7 cm³/mol. The lowest BCUT2D eigenvalue weighted by atomic mass is 9.86. The molecular weight excluding hydrogens is 314 g/mol. The Morgan fingerprint density at radius 1 is 1.10 bits per heavy atom. The maximum Gasteiger partial charge on any atom is 0.137 e. The Morgan fingerprint density at radius 3 is 2.20 bits per heavy atom. The highest BCUT2D eigenvalue weighted by Gasteiger charge is 2.15. The van der Waals surface area contributed by atoms with Crippen molar-refractivity contribution < 1.29 is 5.11 Å². The third-order valence-electron chi connectivity index (χ3n) is 3.25. The fourth-order valence-corrected chi connectivity index (χ4v) is 2.49. The molecule has 102 valence electrons. The zero-order valence-electron chi connectivity index (χ0n) is 11.7. The lowest BCUT2D eigenvalue weighted by Gasteiger charge is -2.19. The molecule has 2 rings (SSSR count). The van der Waals surface area contributed by atoms with E-state index in [-0.39, 0.29) is 11.2 Å². The smallest absolute Gasteiger partial charge is 0.137 e. The van der Waals surface area contributed by atoms with Gasteiger partial charge >= 0.3 is 0 Å². The van der Waals surface area contributed by atoms with Crippen LogP contribution in [-0.2, 0) is 5.41 Å². The van der Waals surface area contributed by atoms with Crippen LogP contribution >= 0.6 is 15.9 Å². The average molecular weight is 330 g/mol. The van der Waals surface area contributed by atoms with Gasteiger partial charge in [-0.1, -0.05) is 45.0 Å². The van der Waals surface area contributed by atoms with Gasteiger partial charge in [-0.15, -0.1) is 0 Å². The fraction of sp³-hybridized carbons (Fsp3) is 0.235. The molecule has 0 spiro atoms. The summed E-state index contributed by atoms with van der Waals surface area (Å²) >= 11 is 3.28. The number of halogens is 1. The first-order valence-electron chi connectivity index (χ1n) is 6.36. The summed E-state index contributed by atoms with van der Waals surface area (Å²) < 4.78 is 0.534. The molecule has 0 radical (unpaired) electrons. The average Bonchev–Trinajstić information content (AvgIpc) is 2.41. The molecule has 0 aliphatic carbocycles. The molecule has 0 aromatic heterocycles. The Labute approximate surface area is 127 Å². The van der Waals surface area contributed by atoms with E-state index in [9.17, 15) is 5.11 Å². The molecule has 0 amide bonds. The van der Waals surface area contributed by atoms with Crippen LogP contribution in [0.5, 0.6) is 5.75 Å². The van der Waals surface area contributed by atoms with Crippen molar-refractivity contribution in [2.75, 3.05) is 0 Å². The van der Waals surface area contributed by atoms with Gasteiger partial charge in [-0.25, -0.2) is 0 Å². The first kappa shape index (κ1) is 14.6. The molecule has 0 aliphatic heterocycles. The molecule has 0 fully saturated rings. The van der Waals surface area contributed by atoms with Crippen LogP contribution < -0.4 is 0 Å². The van der Waals surface area contributed by atoms with Gasteiger partial charge < -0.3 is 5.11 Å². The van der Waals surface area contributed by atoms with Crippen LogP contribution in [0.25, 0.3) is 11.1 Å². The second kappa shape index (κ2) is 5.30. The highest BCUT2D eigenvalue weighted by Crippen LogP contribution is 2.37. The van der Waals surface area contributed by atoms with Gasteiger partial charge in [-0.05, 0) is 44.6 Å². The highest BCUT2D eigenvalue weighted by molar-refractivity contribution is 9.10. The van der Waals surface area contributed by atoms with Gasteiger partial charge in [0.2, 0.25) is 0 Å². The lowest BCUT2D eigenvalue weighted by Crippen LogP contribution is -2.10. The van der Waals surface area contributed by atoms with E-state index in [0.717, 1.165) is 5.56 Å². The minimum absolute atomic E-state index is 0.0929. The molecular formula is C17H16BrNO. The van der Waals surface area contributed by atoms with E-state index in [1.165, 1.54) is 5.56 Å². The maximum absolute atomic E-state index is 10.1. The Kier molecular flexibility index (Phi) is 3.87. The number of phenolic OH excluding ortho intramolecular Hbond substituents is 1. The van der Waals surface area contributed by atoms with Crippen LogP contribution in [0.1, 0.15) is 31.9 Å². The van der Waals surface area contributed by atoms with Crippen LogP contribution in [0.4, 0.5) is 0 Å². The summed E-state index contributed by atoms with van der Waals surface area (Å²) in [7, 11) is 0. The zero-order chi connectivity index (χ0) is 14.9. The second-order valence-corrected chi connectivity index (χ2v) is 6.65. The third kappa shape index (κ3) is 2.86. The van der Waals surface area contributed by atoms with Crippen LogP contribution in [-0.4, -0.2) is 5.11 Å². The van der Waals surface area contributed by atoms with Gasteiger partial charge in [-0.3, -0.25) is 0 Å². The summed E-state index contributed by atoms with van der Waals surface area (Å²) in [6.45, 7) is 6.48. The number of phenols is 1. The van der Waals surface area contributed by atoms with Gasteiger partial charge in [0.15, 0.2) is 0 Å². The summed E-state index contributed by atoms with van der Waals surface area (Å²) in [6.07, 6.45) is 0. The van der Waals surface area contributed by atoms with Crippen molar-refractivity contribution in [3.63, 3.8) is 0 Å². The van der Waals surface area contributed by atoms with Crippen LogP contribution in [0, 0.1) is 11.3 Å². The molecule has 0 atom stereocenters. The molecule has 3 heteroatoms. The Bertz CT molecular complexity index is 676. The third-order valence-corrected chi connectivity index (χ3v) is 3.86. The molecule has 0 heterocycles. The largest absolute Gasteiger partial charge is 0.506 e. The first-order valence-corrected chi connectivity index (χ1v) is 7.16. The van der Waals surface area contributed by atoms with Crippen molar-refractivity contribution in [1.82, 2.24) is 0 Å². The standard InChI is InChI=1S/C17H16BrNO/c1-17(2,3)13-6-4-12(5-7-13)14-8-11(10-19)9-15(18)16(14)20/h4-9,20H,1-3H3. The highest BCUT2D eigenvalue weighted by atomic mass is 79.9. The zero-order valence-corrected chi connectivity index (χ0v) is 13.3. The maximum atomic E-state index is 10.1. The SMILES string of the molecule is CC(C)(C)c1ccc(-c2cc(C#N)cc(Br)c2O)cc1.